The van der Waals surface area contributed by atoms with Gasteiger partial charge < -0.3 is 10.6 Å². The van der Waals surface area contributed by atoms with Crippen LogP contribution in [0.5, 0.6) is 0 Å². The molecule has 3 heterocycles. The molecule has 1 saturated heterocycles. The number of aryl methyl sites for hydroxylation is 1. The first kappa shape index (κ1) is 25.1. The van der Waals surface area contributed by atoms with E-state index in [1.54, 1.807) is 6.20 Å². The highest BCUT2D eigenvalue weighted by Crippen LogP contribution is 2.33. The zero-order valence-electron chi connectivity index (χ0n) is 18.2. The lowest BCUT2D eigenvalue weighted by Gasteiger charge is -2.18. The van der Waals surface area contributed by atoms with E-state index < -0.39 is 0 Å². The Hall–Kier alpha value is -2.15. The Labute approximate surface area is 196 Å². The Morgan fingerprint density at radius 1 is 1.23 bits per heavy atom. The van der Waals surface area contributed by atoms with E-state index in [0.717, 1.165) is 23.1 Å². The standard InChI is InChI=1S/C23H29N5O.2ClH/c1-4-16(3)28-22-20(12-25-28)19(10-15(2)26-22)23(29)27-13-18(11-24)21(14-27)17-8-6-5-7-9-17;;/h5-10,12,16,18,21H,4,11,13-14,24H2,1-3H3;2*1H/t16?,18-,21+;;/m1../s1. The van der Waals surface area contributed by atoms with Crippen molar-refractivity contribution in [2.24, 2.45) is 11.7 Å². The first-order valence-corrected chi connectivity index (χ1v) is 10.4. The number of amides is 1. The number of likely N-dealkylation sites (tertiary alicyclic amines) is 1. The van der Waals surface area contributed by atoms with Crippen molar-refractivity contribution < 1.29 is 4.79 Å². The SMILES string of the molecule is CCC(C)n1ncc2c(C(=O)N3C[C@@H](CN)[C@H](c4ccccc4)C3)cc(C)nc21.Cl.Cl. The van der Waals surface area contributed by atoms with Gasteiger partial charge in [-0.15, -0.1) is 24.8 Å². The lowest BCUT2D eigenvalue weighted by molar-refractivity contribution is 0.0788. The van der Waals surface area contributed by atoms with E-state index in [-0.39, 0.29) is 48.6 Å². The number of fused-ring (bicyclic) bond motifs is 1. The minimum Gasteiger partial charge on any atom is -0.338 e. The number of carbonyl (C=O) groups is 1. The first-order chi connectivity index (χ1) is 14.0. The molecule has 0 bridgehead atoms. The van der Waals surface area contributed by atoms with Crippen LogP contribution in [0.2, 0.25) is 0 Å². The van der Waals surface area contributed by atoms with E-state index in [9.17, 15) is 4.79 Å². The number of nitrogens with two attached hydrogens (primary N) is 1. The van der Waals surface area contributed by atoms with Crippen molar-refractivity contribution in [2.45, 2.75) is 39.2 Å². The summed E-state index contributed by atoms with van der Waals surface area (Å²) in [6.07, 6.45) is 2.74. The van der Waals surface area contributed by atoms with Crippen LogP contribution >= 0.6 is 24.8 Å². The number of aromatic nitrogens is 3. The van der Waals surface area contributed by atoms with Gasteiger partial charge in [-0.05, 0) is 44.4 Å². The van der Waals surface area contributed by atoms with Gasteiger partial charge in [-0.25, -0.2) is 9.67 Å². The normalized spacial score (nSPS) is 19.0. The fraction of sp³-hybridized carbons (Fsp3) is 0.435. The molecule has 1 amide bonds. The van der Waals surface area contributed by atoms with Crippen LogP contribution < -0.4 is 5.73 Å². The number of nitrogens with zero attached hydrogens (tertiary/aromatic N) is 4. The molecule has 1 aliphatic rings. The lowest BCUT2D eigenvalue weighted by atomic mass is 9.89. The molecule has 4 rings (SSSR count). The van der Waals surface area contributed by atoms with Gasteiger partial charge in [0, 0.05) is 24.7 Å². The topological polar surface area (TPSA) is 77.0 Å². The molecule has 31 heavy (non-hydrogen) atoms. The fourth-order valence-corrected chi connectivity index (χ4v) is 4.34. The van der Waals surface area contributed by atoms with E-state index >= 15 is 0 Å². The van der Waals surface area contributed by atoms with Crippen LogP contribution in [0.1, 0.15) is 53.8 Å². The van der Waals surface area contributed by atoms with Crippen LogP contribution in [0.25, 0.3) is 11.0 Å². The second-order valence-electron chi connectivity index (χ2n) is 8.12. The summed E-state index contributed by atoms with van der Waals surface area (Å²) in [7, 11) is 0. The number of pyridine rings is 1. The molecular formula is C23H31Cl2N5O. The Kier molecular flexibility index (Phi) is 8.46. The number of hydrogen-bond donors (Lipinski definition) is 1. The summed E-state index contributed by atoms with van der Waals surface area (Å²) in [5, 5.41) is 5.36. The van der Waals surface area contributed by atoms with Gasteiger partial charge in [0.15, 0.2) is 5.65 Å². The maximum Gasteiger partial charge on any atom is 0.254 e. The smallest absolute Gasteiger partial charge is 0.254 e. The average Bonchev–Trinajstić information content (AvgIpc) is 3.37. The molecule has 1 aliphatic heterocycles. The Bertz CT molecular complexity index is 1020. The Balaban J connectivity index is 0.00000171. The van der Waals surface area contributed by atoms with Gasteiger partial charge in [0.1, 0.15) is 0 Å². The maximum atomic E-state index is 13.5. The average molecular weight is 464 g/mol. The van der Waals surface area contributed by atoms with Gasteiger partial charge >= 0.3 is 0 Å². The van der Waals surface area contributed by atoms with Crippen LogP contribution in [0, 0.1) is 12.8 Å². The van der Waals surface area contributed by atoms with Crippen LogP contribution in [0.4, 0.5) is 0 Å². The second-order valence-corrected chi connectivity index (χ2v) is 8.12. The van der Waals surface area contributed by atoms with Gasteiger partial charge in [0.2, 0.25) is 0 Å². The zero-order valence-corrected chi connectivity index (χ0v) is 19.8. The molecular weight excluding hydrogens is 433 g/mol. The predicted octanol–water partition coefficient (Wildman–Crippen LogP) is 4.37. The summed E-state index contributed by atoms with van der Waals surface area (Å²) in [6.45, 7) is 8.11. The van der Waals surface area contributed by atoms with E-state index in [2.05, 4.69) is 36.1 Å². The van der Waals surface area contributed by atoms with Gasteiger partial charge in [-0.3, -0.25) is 4.79 Å². The molecule has 6 nitrogen and oxygen atoms in total. The third kappa shape index (κ3) is 4.71. The maximum absolute atomic E-state index is 13.5. The number of rotatable bonds is 5. The molecule has 0 radical (unpaired) electrons. The van der Waals surface area contributed by atoms with Crippen molar-refractivity contribution >= 4 is 41.8 Å². The fourth-order valence-electron chi connectivity index (χ4n) is 4.34. The molecule has 8 heteroatoms. The van der Waals surface area contributed by atoms with E-state index in [4.69, 9.17) is 5.73 Å². The van der Waals surface area contributed by atoms with E-state index in [1.165, 1.54) is 5.56 Å². The molecule has 1 aromatic carbocycles. The largest absolute Gasteiger partial charge is 0.338 e. The van der Waals surface area contributed by atoms with Gasteiger partial charge in [-0.2, -0.15) is 5.10 Å². The van der Waals surface area contributed by atoms with Crippen molar-refractivity contribution in [2.75, 3.05) is 19.6 Å². The second kappa shape index (κ2) is 10.4. The molecule has 1 fully saturated rings. The minimum atomic E-state index is 0. The van der Waals surface area contributed by atoms with Crippen molar-refractivity contribution in [3.8, 4) is 0 Å². The molecule has 0 spiro atoms. The van der Waals surface area contributed by atoms with Crippen molar-refractivity contribution in [1.29, 1.82) is 0 Å². The summed E-state index contributed by atoms with van der Waals surface area (Å²) in [5.74, 6) is 0.579. The van der Waals surface area contributed by atoms with Gasteiger partial charge in [-0.1, -0.05) is 37.3 Å². The van der Waals surface area contributed by atoms with E-state index in [1.807, 2.05) is 40.8 Å². The van der Waals surface area contributed by atoms with Crippen LogP contribution in [0.3, 0.4) is 0 Å². The van der Waals surface area contributed by atoms with Crippen LogP contribution in [-0.4, -0.2) is 45.2 Å². The predicted molar refractivity (Wildman–Crippen MR) is 129 cm³/mol. The number of hydrogen-bond acceptors (Lipinski definition) is 4. The third-order valence-corrected chi connectivity index (χ3v) is 6.19. The molecule has 3 aromatic rings. The van der Waals surface area contributed by atoms with Crippen LogP contribution in [-0.2, 0) is 0 Å². The number of benzene rings is 1. The summed E-state index contributed by atoms with van der Waals surface area (Å²) >= 11 is 0. The lowest BCUT2D eigenvalue weighted by Crippen LogP contribution is -2.30. The highest BCUT2D eigenvalue weighted by atomic mass is 35.5. The molecule has 168 valence electrons. The van der Waals surface area contributed by atoms with Crippen molar-refractivity contribution in [3.05, 3.63) is 59.4 Å². The summed E-state index contributed by atoms with van der Waals surface area (Å²) < 4.78 is 1.93. The highest BCUT2D eigenvalue weighted by molar-refractivity contribution is 6.05. The third-order valence-electron chi connectivity index (χ3n) is 6.19. The molecule has 2 N–H and O–H groups in total. The number of halogens is 2. The monoisotopic (exact) mass is 463 g/mol. The first-order valence-electron chi connectivity index (χ1n) is 10.4. The summed E-state index contributed by atoms with van der Waals surface area (Å²) in [4.78, 5) is 20.1. The quantitative estimate of drug-likeness (QED) is 0.609. The molecule has 2 aromatic heterocycles. The Morgan fingerprint density at radius 2 is 1.94 bits per heavy atom. The molecule has 0 aliphatic carbocycles. The van der Waals surface area contributed by atoms with E-state index in [0.29, 0.717) is 25.2 Å². The number of carbonyl (C=O) groups excluding carboxylic acids is 1. The highest BCUT2D eigenvalue weighted by Gasteiger charge is 2.36. The van der Waals surface area contributed by atoms with Gasteiger partial charge in [0.05, 0.1) is 23.2 Å². The van der Waals surface area contributed by atoms with Crippen molar-refractivity contribution in [3.63, 3.8) is 0 Å². The van der Waals surface area contributed by atoms with Crippen molar-refractivity contribution in [1.82, 2.24) is 19.7 Å². The molecule has 0 saturated carbocycles. The molecule has 1 unspecified atom stereocenters. The summed E-state index contributed by atoms with van der Waals surface area (Å²) in [5.41, 5.74) is 9.63. The van der Waals surface area contributed by atoms with Crippen LogP contribution in [0.15, 0.2) is 42.6 Å². The summed E-state index contributed by atoms with van der Waals surface area (Å²) in [6, 6.07) is 12.5. The molecule has 3 atom stereocenters. The zero-order chi connectivity index (χ0) is 20.5. The Morgan fingerprint density at radius 3 is 2.58 bits per heavy atom. The van der Waals surface area contributed by atoms with Gasteiger partial charge in [0.25, 0.3) is 5.91 Å². The minimum absolute atomic E-state index is 0.